The molecule has 0 saturated heterocycles. The van der Waals surface area contributed by atoms with Crippen LogP contribution in [0.2, 0.25) is 0 Å². The van der Waals surface area contributed by atoms with Crippen molar-refractivity contribution in [3.05, 3.63) is 34.1 Å². The Bertz CT molecular complexity index is 557. The van der Waals surface area contributed by atoms with Crippen molar-refractivity contribution >= 4 is 15.9 Å². The van der Waals surface area contributed by atoms with Gasteiger partial charge in [-0.2, -0.15) is 10.2 Å². The van der Waals surface area contributed by atoms with Gasteiger partial charge in [-0.1, -0.05) is 21.1 Å². The van der Waals surface area contributed by atoms with Gasteiger partial charge in [0.05, 0.1) is 6.07 Å². The predicted octanol–water partition coefficient (Wildman–Crippen LogP) is 2.87. The maximum absolute atomic E-state index is 8.51. The van der Waals surface area contributed by atoms with Crippen LogP contribution in [0.1, 0.15) is 11.5 Å². The highest BCUT2D eigenvalue weighted by Crippen LogP contribution is 2.23. The minimum atomic E-state index is 0.141. The van der Waals surface area contributed by atoms with Gasteiger partial charge in [0.25, 0.3) is 0 Å². The first-order valence-electron chi connectivity index (χ1n) is 4.67. The van der Waals surface area contributed by atoms with Crippen LogP contribution in [0.25, 0.3) is 11.4 Å². The summed E-state index contributed by atoms with van der Waals surface area (Å²) >= 11 is 3.39. The molecule has 0 radical (unpaired) electrons. The number of hydrogen-bond acceptors (Lipinski definition) is 4. The van der Waals surface area contributed by atoms with Crippen LogP contribution in [-0.4, -0.2) is 10.1 Å². The number of hydrogen-bond donors (Lipinski definition) is 0. The Morgan fingerprint density at radius 1 is 1.50 bits per heavy atom. The van der Waals surface area contributed by atoms with Gasteiger partial charge in [-0.25, -0.2) is 0 Å². The molecule has 1 heterocycles. The molecule has 0 aliphatic rings. The quantitative estimate of drug-likeness (QED) is 0.847. The summed E-state index contributed by atoms with van der Waals surface area (Å²) in [5.41, 5.74) is 1.97. The molecule has 1 aromatic carbocycles. The average molecular weight is 278 g/mol. The third-order valence-electron chi connectivity index (χ3n) is 2.13. The molecule has 0 bridgehead atoms. The summed E-state index contributed by atoms with van der Waals surface area (Å²) in [6.07, 6.45) is 0.141. The van der Waals surface area contributed by atoms with Crippen LogP contribution < -0.4 is 0 Å². The Morgan fingerprint density at radius 2 is 2.31 bits per heavy atom. The van der Waals surface area contributed by atoms with E-state index in [0.717, 1.165) is 15.6 Å². The zero-order valence-corrected chi connectivity index (χ0v) is 10.2. The molecule has 0 amide bonds. The van der Waals surface area contributed by atoms with E-state index in [9.17, 15) is 0 Å². The minimum Gasteiger partial charge on any atom is -0.338 e. The molecule has 0 N–H and O–H groups in total. The Morgan fingerprint density at radius 3 is 3.00 bits per heavy atom. The molecule has 0 saturated carbocycles. The van der Waals surface area contributed by atoms with Gasteiger partial charge < -0.3 is 4.52 Å². The van der Waals surface area contributed by atoms with Crippen molar-refractivity contribution in [1.82, 2.24) is 10.1 Å². The van der Waals surface area contributed by atoms with Gasteiger partial charge in [-0.3, -0.25) is 0 Å². The molecule has 0 unspecified atom stereocenters. The molecule has 80 valence electrons. The van der Waals surface area contributed by atoms with E-state index in [1.807, 2.05) is 31.2 Å². The van der Waals surface area contributed by atoms with Crippen molar-refractivity contribution in [2.45, 2.75) is 13.3 Å². The second kappa shape index (κ2) is 4.45. The Labute approximate surface area is 101 Å². The van der Waals surface area contributed by atoms with Crippen molar-refractivity contribution < 1.29 is 4.52 Å². The highest BCUT2D eigenvalue weighted by Gasteiger charge is 2.10. The van der Waals surface area contributed by atoms with E-state index < -0.39 is 0 Å². The van der Waals surface area contributed by atoms with E-state index in [-0.39, 0.29) is 6.42 Å². The average Bonchev–Trinajstić information content (AvgIpc) is 2.67. The molecule has 1 aromatic heterocycles. The van der Waals surface area contributed by atoms with E-state index in [0.29, 0.717) is 11.7 Å². The van der Waals surface area contributed by atoms with Gasteiger partial charge in [0.1, 0.15) is 6.42 Å². The maximum atomic E-state index is 8.51. The molecule has 0 spiro atoms. The van der Waals surface area contributed by atoms with Crippen LogP contribution in [0.15, 0.2) is 27.2 Å². The van der Waals surface area contributed by atoms with Gasteiger partial charge in [-0.05, 0) is 30.7 Å². The minimum absolute atomic E-state index is 0.141. The number of halogens is 1. The number of aromatic nitrogens is 2. The molecular weight excluding hydrogens is 270 g/mol. The van der Waals surface area contributed by atoms with E-state index in [1.165, 1.54) is 0 Å². The standard InChI is InChI=1S/C11H8BrN3O/c1-7-6-8(12)2-3-9(7)11-14-10(4-5-13)16-15-11/h2-3,6H,4H2,1H3. The maximum Gasteiger partial charge on any atom is 0.241 e. The van der Waals surface area contributed by atoms with Crippen molar-refractivity contribution in [3.8, 4) is 17.5 Å². The van der Waals surface area contributed by atoms with Crippen molar-refractivity contribution in [2.24, 2.45) is 0 Å². The van der Waals surface area contributed by atoms with Crippen LogP contribution in [0.4, 0.5) is 0 Å². The van der Waals surface area contributed by atoms with Crippen LogP contribution in [0.3, 0.4) is 0 Å². The summed E-state index contributed by atoms with van der Waals surface area (Å²) in [7, 11) is 0. The molecule has 0 atom stereocenters. The lowest BCUT2D eigenvalue weighted by atomic mass is 10.1. The van der Waals surface area contributed by atoms with Crippen molar-refractivity contribution in [1.29, 1.82) is 5.26 Å². The van der Waals surface area contributed by atoms with Crippen LogP contribution in [0, 0.1) is 18.3 Å². The normalized spacial score (nSPS) is 10.1. The summed E-state index contributed by atoms with van der Waals surface area (Å²) in [4.78, 5) is 4.15. The zero-order valence-electron chi connectivity index (χ0n) is 8.57. The van der Waals surface area contributed by atoms with E-state index >= 15 is 0 Å². The lowest BCUT2D eigenvalue weighted by Crippen LogP contribution is -1.86. The van der Waals surface area contributed by atoms with E-state index in [4.69, 9.17) is 9.78 Å². The number of aryl methyl sites for hydroxylation is 1. The Balaban J connectivity index is 2.39. The number of nitriles is 1. The van der Waals surface area contributed by atoms with Gasteiger partial charge in [0, 0.05) is 10.0 Å². The fraction of sp³-hybridized carbons (Fsp3) is 0.182. The summed E-state index contributed by atoms with van der Waals surface area (Å²) in [5.74, 6) is 0.870. The van der Waals surface area contributed by atoms with E-state index in [2.05, 4.69) is 26.1 Å². The first-order chi connectivity index (χ1) is 7.70. The molecule has 16 heavy (non-hydrogen) atoms. The van der Waals surface area contributed by atoms with Gasteiger partial charge in [0.15, 0.2) is 0 Å². The van der Waals surface area contributed by atoms with E-state index in [1.54, 1.807) is 0 Å². The third kappa shape index (κ3) is 2.12. The second-order valence-electron chi connectivity index (χ2n) is 3.31. The summed E-state index contributed by atoms with van der Waals surface area (Å²) in [6, 6.07) is 7.79. The smallest absolute Gasteiger partial charge is 0.241 e. The van der Waals surface area contributed by atoms with Crippen LogP contribution in [0.5, 0.6) is 0 Å². The fourth-order valence-corrected chi connectivity index (χ4v) is 1.86. The molecule has 0 aliphatic heterocycles. The summed E-state index contributed by atoms with van der Waals surface area (Å²) in [5, 5.41) is 12.3. The predicted molar refractivity (Wildman–Crippen MR) is 61.5 cm³/mol. The Kier molecular flexibility index (Phi) is 3.02. The molecule has 5 heteroatoms. The van der Waals surface area contributed by atoms with Crippen LogP contribution >= 0.6 is 15.9 Å². The monoisotopic (exact) mass is 277 g/mol. The number of benzene rings is 1. The third-order valence-corrected chi connectivity index (χ3v) is 2.62. The second-order valence-corrected chi connectivity index (χ2v) is 4.22. The number of nitrogens with zero attached hydrogens (tertiary/aromatic N) is 3. The summed E-state index contributed by atoms with van der Waals surface area (Å²) in [6.45, 7) is 1.97. The van der Waals surface area contributed by atoms with Crippen molar-refractivity contribution in [2.75, 3.05) is 0 Å². The molecular formula is C11H8BrN3O. The SMILES string of the molecule is Cc1cc(Br)ccc1-c1noc(CC#N)n1. The molecule has 4 nitrogen and oxygen atoms in total. The van der Waals surface area contributed by atoms with Crippen LogP contribution in [-0.2, 0) is 6.42 Å². The topological polar surface area (TPSA) is 62.7 Å². The number of rotatable bonds is 2. The largest absolute Gasteiger partial charge is 0.338 e. The fourth-order valence-electron chi connectivity index (χ4n) is 1.38. The highest BCUT2D eigenvalue weighted by molar-refractivity contribution is 9.10. The zero-order chi connectivity index (χ0) is 11.5. The first kappa shape index (κ1) is 10.8. The molecule has 2 aromatic rings. The van der Waals surface area contributed by atoms with Gasteiger partial charge in [0.2, 0.25) is 11.7 Å². The highest BCUT2D eigenvalue weighted by atomic mass is 79.9. The molecule has 2 rings (SSSR count). The lowest BCUT2D eigenvalue weighted by molar-refractivity contribution is 0.388. The molecule has 0 fully saturated rings. The van der Waals surface area contributed by atoms with Gasteiger partial charge in [-0.15, -0.1) is 0 Å². The Hall–Kier alpha value is -1.67. The summed E-state index contributed by atoms with van der Waals surface area (Å²) < 4.78 is 5.96. The van der Waals surface area contributed by atoms with Gasteiger partial charge >= 0.3 is 0 Å². The van der Waals surface area contributed by atoms with Crippen molar-refractivity contribution in [3.63, 3.8) is 0 Å². The lowest BCUT2D eigenvalue weighted by Gasteiger charge is -2.00. The first-order valence-corrected chi connectivity index (χ1v) is 5.46. The molecule has 0 aliphatic carbocycles.